The van der Waals surface area contributed by atoms with Gasteiger partial charge in [-0.3, -0.25) is 4.98 Å². The first-order chi connectivity index (χ1) is 7.77. The van der Waals surface area contributed by atoms with Crippen molar-refractivity contribution in [2.75, 3.05) is 6.86 Å². The zero-order valence-corrected chi connectivity index (χ0v) is 8.83. The van der Waals surface area contributed by atoms with E-state index in [1.807, 2.05) is 6.07 Å². The zero-order chi connectivity index (χ0) is 11.5. The molecule has 0 aliphatic rings. The average molecular weight is 237 g/mol. The monoisotopic (exact) mass is 236 g/mol. The standard InChI is InChI=1S/C11H6ClFN2O/c12-10-7(4-14)5-15-11-8(10)2-1-3-9(11)16-6-13/h1-3,5H,6H2. The minimum absolute atomic E-state index is 0.284. The summed E-state index contributed by atoms with van der Waals surface area (Å²) in [5.74, 6) is 0.311. The molecule has 0 amide bonds. The predicted molar refractivity (Wildman–Crippen MR) is 58.1 cm³/mol. The van der Waals surface area contributed by atoms with Gasteiger partial charge in [-0.2, -0.15) is 5.26 Å². The van der Waals surface area contributed by atoms with E-state index in [1.165, 1.54) is 6.20 Å². The topological polar surface area (TPSA) is 45.9 Å². The van der Waals surface area contributed by atoms with Gasteiger partial charge in [0, 0.05) is 11.6 Å². The van der Waals surface area contributed by atoms with Gasteiger partial charge < -0.3 is 4.74 Å². The summed E-state index contributed by atoms with van der Waals surface area (Å²) in [7, 11) is 0. The quantitative estimate of drug-likeness (QED) is 0.805. The molecular weight excluding hydrogens is 231 g/mol. The number of hydrogen-bond acceptors (Lipinski definition) is 3. The van der Waals surface area contributed by atoms with Gasteiger partial charge in [0.1, 0.15) is 17.3 Å². The zero-order valence-electron chi connectivity index (χ0n) is 8.08. The molecule has 1 aromatic carbocycles. The molecule has 0 spiro atoms. The molecule has 0 saturated carbocycles. The molecule has 0 aliphatic heterocycles. The van der Waals surface area contributed by atoms with Crippen LogP contribution < -0.4 is 4.74 Å². The van der Waals surface area contributed by atoms with Gasteiger partial charge in [0.15, 0.2) is 0 Å². The average Bonchev–Trinajstić information content (AvgIpc) is 2.31. The molecule has 0 N–H and O–H groups in total. The first kappa shape index (κ1) is 10.7. The molecule has 0 fully saturated rings. The van der Waals surface area contributed by atoms with Crippen molar-refractivity contribution >= 4 is 22.5 Å². The number of nitriles is 1. The number of alkyl halides is 1. The van der Waals surface area contributed by atoms with Crippen LogP contribution in [0.15, 0.2) is 24.4 Å². The Hall–Kier alpha value is -1.86. The molecule has 0 atom stereocenters. The van der Waals surface area contributed by atoms with Crippen LogP contribution in [0.3, 0.4) is 0 Å². The molecule has 1 heterocycles. The normalized spacial score (nSPS) is 10.1. The van der Waals surface area contributed by atoms with Gasteiger partial charge in [-0.25, -0.2) is 4.39 Å². The van der Waals surface area contributed by atoms with E-state index < -0.39 is 6.86 Å². The van der Waals surface area contributed by atoms with Crippen LogP contribution >= 0.6 is 11.6 Å². The summed E-state index contributed by atoms with van der Waals surface area (Å²) in [5, 5.41) is 9.66. The van der Waals surface area contributed by atoms with E-state index in [0.29, 0.717) is 21.7 Å². The first-order valence-corrected chi connectivity index (χ1v) is 4.82. The van der Waals surface area contributed by atoms with Crippen molar-refractivity contribution in [3.63, 3.8) is 0 Å². The van der Waals surface area contributed by atoms with Crippen molar-refractivity contribution in [1.29, 1.82) is 5.26 Å². The Morgan fingerprint density at radius 3 is 3.00 bits per heavy atom. The molecule has 16 heavy (non-hydrogen) atoms. The second-order valence-corrected chi connectivity index (χ2v) is 3.38. The number of nitrogens with zero attached hydrogens (tertiary/aromatic N) is 2. The van der Waals surface area contributed by atoms with Crippen LogP contribution in [0, 0.1) is 11.3 Å². The van der Waals surface area contributed by atoms with E-state index in [1.54, 1.807) is 18.2 Å². The molecule has 0 unspecified atom stereocenters. The molecule has 1 aromatic heterocycles. The SMILES string of the molecule is N#Cc1cnc2c(OCF)cccc2c1Cl. The van der Waals surface area contributed by atoms with Gasteiger partial charge in [-0.05, 0) is 6.07 Å². The van der Waals surface area contributed by atoms with Crippen LogP contribution in [0.5, 0.6) is 5.75 Å². The molecular formula is C11H6ClFN2O. The molecule has 80 valence electrons. The number of benzene rings is 1. The fourth-order valence-corrected chi connectivity index (χ4v) is 1.66. The Labute approximate surface area is 96.0 Å². The van der Waals surface area contributed by atoms with Crippen LogP contribution in [-0.4, -0.2) is 11.8 Å². The summed E-state index contributed by atoms with van der Waals surface area (Å²) in [6, 6.07) is 6.90. The Bertz CT molecular complexity index is 580. The Kier molecular flexibility index (Phi) is 2.88. The molecule has 2 aromatic rings. The summed E-state index contributed by atoms with van der Waals surface area (Å²) in [6.45, 7) is -0.932. The lowest BCUT2D eigenvalue weighted by Gasteiger charge is -2.06. The molecule has 5 heteroatoms. The lowest BCUT2D eigenvalue weighted by Crippen LogP contribution is -1.93. The van der Waals surface area contributed by atoms with Gasteiger partial charge in [0.05, 0.1) is 10.6 Å². The summed E-state index contributed by atoms with van der Waals surface area (Å²) in [5.41, 5.74) is 0.732. The van der Waals surface area contributed by atoms with Gasteiger partial charge in [0.2, 0.25) is 6.86 Å². The number of para-hydroxylation sites is 1. The van der Waals surface area contributed by atoms with Gasteiger partial charge in [0.25, 0.3) is 0 Å². The fraction of sp³-hybridized carbons (Fsp3) is 0.0909. The van der Waals surface area contributed by atoms with Crippen molar-refractivity contribution in [2.24, 2.45) is 0 Å². The van der Waals surface area contributed by atoms with Gasteiger partial charge in [-0.15, -0.1) is 0 Å². The number of fused-ring (bicyclic) bond motifs is 1. The summed E-state index contributed by atoms with van der Waals surface area (Å²) in [4.78, 5) is 4.03. The smallest absolute Gasteiger partial charge is 0.228 e. The fourth-order valence-electron chi connectivity index (χ4n) is 1.42. The second-order valence-electron chi connectivity index (χ2n) is 3.00. The first-order valence-electron chi connectivity index (χ1n) is 4.44. The summed E-state index contributed by atoms with van der Waals surface area (Å²) >= 11 is 6.00. The van der Waals surface area contributed by atoms with Crippen LogP contribution in [-0.2, 0) is 0 Å². The summed E-state index contributed by atoms with van der Waals surface area (Å²) < 4.78 is 16.9. The van der Waals surface area contributed by atoms with Crippen molar-refractivity contribution in [3.05, 3.63) is 35.0 Å². The van der Waals surface area contributed by atoms with Gasteiger partial charge in [-0.1, -0.05) is 23.7 Å². The van der Waals surface area contributed by atoms with E-state index in [0.717, 1.165) is 0 Å². The van der Waals surface area contributed by atoms with E-state index in [4.69, 9.17) is 21.6 Å². The van der Waals surface area contributed by atoms with E-state index in [-0.39, 0.29) is 5.56 Å². The molecule has 0 bridgehead atoms. The van der Waals surface area contributed by atoms with Crippen molar-refractivity contribution in [2.45, 2.75) is 0 Å². The third-order valence-electron chi connectivity index (χ3n) is 2.13. The largest absolute Gasteiger partial charge is 0.461 e. The molecule has 2 rings (SSSR count). The van der Waals surface area contributed by atoms with Crippen molar-refractivity contribution in [3.8, 4) is 11.8 Å². The highest BCUT2D eigenvalue weighted by Gasteiger charge is 2.09. The van der Waals surface area contributed by atoms with Gasteiger partial charge >= 0.3 is 0 Å². The Morgan fingerprint density at radius 2 is 2.31 bits per heavy atom. The number of ether oxygens (including phenoxy) is 1. The molecule has 0 aliphatic carbocycles. The maximum Gasteiger partial charge on any atom is 0.228 e. The number of aromatic nitrogens is 1. The molecule has 3 nitrogen and oxygen atoms in total. The minimum atomic E-state index is -0.932. The Balaban J connectivity index is 2.73. The van der Waals surface area contributed by atoms with E-state index >= 15 is 0 Å². The maximum absolute atomic E-state index is 12.1. The van der Waals surface area contributed by atoms with Crippen LogP contribution in [0.4, 0.5) is 4.39 Å². The summed E-state index contributed by atoms with van der Waals surface area (Å²) in [6.07, 6.45) is 1.34. The predicted octanol–water partition coefficient (Wildman–Crippen LogP) is 3.07. The minimum Gasteiger partial charge on any atom is -0.461 e. The third-order valence-corrected chi connectivity index (χ3v) is 2.53. The number of rotatable bonds is 2. The second kappa shape index (κ2) is 4.33. The van der Waals surface area contributed by atoms with Crippen molar-refractivity contribution in [1.82, 2.24) is 4.98 Å². The lowest BCUT2D eigenvalue weighted by atomic mass is 10.1. The highest BCUT2D eigenvalue weighted by Crippen LogP contribution is 2.30. The maximum atomic E-state index is 12.1. The lowest BCUT2D eigenvalue weighted by molar-refractivity contribution is 0.193. The number of hydrogen-bond donors (Lipinski definition) is 0. The number of halogens is 2. The highest BCUT2D eigenvalue weighted by molar-refractivity contribution is 6.36. The molecule has 0 saturated heterocycles. The van der Waals surface area contributed by atoms with Crippen LogP contribution in [0.2, 0.25) is 5.02 Å². The van der Waals surface area contributed by atoms with E-state index in [9.17, 15) is 4.39 Å². The van der Waals surface area contributed by atoms with Crippen molar-refractivity contribution < 1.29 is 9.13 Å². The van der Waals surface area contributed by atoms with E-state index in [2.05, 4.69) is 4.98 Å². The number of pyridine rings is 1. The third kappa shape index (κ3) is 1.66. The molecule has 0 radical (unpaired) electrons. The van der Waals surface area contributed by atoms with Crippen LogP contribution in [0.1, 0.15) is 5.56 Å². The van der Waals surface area contributed by atoms with Crippen LogP contribution in [0.25, 0.3) is 10.9 Å². The Morgan fingerprint density at radius 1 is 1.50 bits per heavy atom. The highest BCUT2D eigenvalue weighted by atomic mass is 35.5.